The molecule has 0 saturated carbocycles. The van der Waals surface area contributed by atoms with Gasteiger partial charge < -0.3 is 5.73 Å². The molecule has 3 heterocycles. The van der Waals surface area contributed by atoms with Crippen LogP contribution in [0.5, 0.6) is 0 Å². The van der Waals surface area contributed by atoms with Crippen LogP contribution in [0.1, 0.15) is 0 Å². The van der Waals surface area contributed by atoms with E-state index in [1.807, 2.05) is 36.5 Å². The highest BCUT2D eigenvalue weighted by Gasteiger charge is 2.12. The number of benzene rings is 1. The smallest absolute Gasteiger partial charge is 0.173 e. The maximum atomic E-state index is 5.76. The molecule has 3 N–H and O–H groups in total. The minimum absolute atomic E-state index is 0.362. The second-order valence-corrected chi connectivity index (χ2v) is 4.48. The van der Waals surface area contributed by atoms with Crippen LogP contribution >= 0.6 is 0 Å². The molecule has 0 atom stereocenters. The van der Waals surface area contributed by atoms with E-state index >= 15 is 0 Å². The van der Waals surface area contributed by atoms with Crippen molar-refractivity contribution in [3.05, 3.63) is 42.7 Å². The predicted molar refractivity (Wildman–Crippen MR) is 76.8 cm³/mol. The number of hydrogen-bond acceptors (Lipinski definition) is 5. The van der Waals surface area contributed by atoms with Crippen molar-refractivity contribution >= 4 is 27.8 Å². The Labute approximate surface area is 113 Å². The Bertz CT molecular complexity index is 913. The zero-order valence-corrected chi connectivity index (χ0v) is 10.4. The highest BCUT2D eigenvalue weighted by Crippen LogP contribution is 2.30. The summed E-state index contributed by atoms with van der Waals surface area (Å²) in [5.41, 5.74) is 9.95. The second kappa shape index (κ2) is 3.99. The molecular weight excluding hydrogens is 252 g/mol. The van der Waals surface area contributed by atoms with Gasteiger partial charge >= 0.3 is 0 Å². The molecule has 0 spiro atoms. The maximum Gasteiger partial charge on any atom is 0.173 e. The number of aromatic nitrogens is 5. The molecule has 0 bridgehead atoms. The first-order valence-corrected chi connectivity index (χ1v) is 6.14. The molecule has 0 unspecified atom stereocenters. The number of nitrogens with zero attached hydrogens (tertiary/aromatic N) is 4. The summed E-state index contributed by atoms with van der Waals surface area (Å²) in [6, 6.07) is 9.84. The second-order valence-electron chi connectivity index (χ2n) is 4.48. The number of hydrogen-bond donors (Lipinski definition) is 2. The zero-order valence-electron chi connectivity index (χ0n) is 10.4. The first-order chi connectivity index (χ1) is 9.84. The quantitative estimate of drug-likeness (QED) is 0.548. The number of rotatable bonds is 1. The van der Waals surface area contributed by atoms with Crippen LogP contribution < -0.4 is 5.73 Å². The lowest BCUT2D eigenvalue weighted by Crippen LogP contribution is -1.91. The van der Waals surface area contributed by atoms with Gasteiger partial charge in [-0.1, -0.05) is 24.3 Å². The summed E-state index contributed by atoms with van der Waals surface area (Å²) >= 11 is 0. The van der Waals surface area contributed by atoms with E-state index in [0.717, 1.165) is 27.5 Å². The Morgan fingerprint density at radius 1 is 1.00 bits per heavy atom. The molecule has 0 aliphatic rings. The molecular formula is C14H10N6. The largest absolute Gasteiger partial charge is 0.380 e. The lowest BCUT2D eigenvalue weighted by atomic mass is 10.0. The minimum atomic E-state index is 0.362. The van der Waals surface area contributed by atoms with Crippen LogP contribution in [-0.4, -0.2) is 25.4 Å². The normalized spacial score (nSPS) is 11.2. The van der Waals surface area contributed by atoms with Crippen LogP contribution in [0.2, 0.25) is 0 Å². The van der Waals surface area contributed by atoms with E-state index in [0.29, 0.717) is 11.3 Å². The predicted octanol–water partition coefficient (Wildman–Crippen LogP) is 2.15. The summed E-state index contributed by atoms with van der Waals surface area (Å²) < 4.78 is 0. The number of fused-ring (bicyclic) bond motifs is 3. The maximum absolute atomic E-state index is 5.76. The number of aromatic amines is 1. The summed E-state index contributed by atoms with van der Waals surface area (Å²) in [6.07, 6.45) is 3.55. The summed E-state index contributed by atoms with van der Waals surface area (Å²) in [4.78, 5) is 4.15. The van der Waals surface area contributed by atoms with Crippen LogP contribution in [0.25, 0.3) is 33.1 Å². The van der Waals surface area contributed by atoms with Crippen molar-refractivity contribution in [1.29, 1.82) is 0 Å². The van der Waals surface area contributed by atoms with Gasteiger partial charge in [0.2, 0.25) is 0 Å². The summed E-state index contributed by atoms with van der Waals surface area (Å²) in [7, 11) is 0. The summed E-state index contributed by atoms with van der Waals surface area (Å²) in [6.45, 7) is 0. The monoisotopic (exact) mass is 262 g/mol. The van der Waals surface area contributed by atoms with E-state index in [2.05, 4.69) is 25.4 Å². The van der Waals surface area contributed by atoms with Crippen molar-refractivity contribution in [1.82, 2.24) is 25.4 Å². The number of pyridine rings is 1. The number of anilines is 1. The lowest BCUT2D eigenvalue weighted by Gasteiger charge is -2.05. The molecule has 0 fully saturated rings. The van der Waals surface area contributed by atoms with Crippen molar-refractivity contribution in [2.24, 2.45) is 0 Å². The molecule has 0 saturated heterocycles. The van der Waals surface area contributed by atoms with Gasteiger partial charge in [0.25, 0.3) is 0 Å². The Morgan fingerprint density at radius 3 is 2.75 bits per heavy atom. The molecule has 0 aliphatic heterocycles. The molecule has 96 valence electrons. The van der Waals surface area contributed by atoms with Crippen LogP contribution in [0.4, 0.5) is 5.82 Å². The highest BCUT2D eigenvalue weighted by molar-refractivity contribution is 6.08. The van der Waals surface area contributed by atoms with Gasteiger partial charge in [-0.3, -0.25) is 10.1 Å². The Morgan fingerprint density at radius 2 is 1.90 bits per heavy atom. The number of nitrogen functional groups attached to an aromatic ring is 1. The molecule has 0 amide bonds. The van der Waals surface area contributed by atoms with Crippen LogP contribution in [0.15, 0.2) is 42.7 Å². The Kier molecular flexibility index (Phi) is 2.17. The third kappa shape index (κ3) is 1.45. The van der Waals surface area contributed by atoms with Gasteiger partial charge in [-0.15, -0.1) is 10.2 Å². The van der Waals surface area contributed by atoms with E-state index in [1.165, 1.54) is 0 Å². The first-order valence-electron chi connectivity index (χ1n) is 6.14. The van der Waals surface area contributed by atoms with Gasteiger partial charge in [0.1, 0.15) is 5.52 Å². The molecule has 0 radical (unpaired) electrons. The van der Waals surface area contributed by atoms with Crippen LogP contribution in [0, 0.1) is 0 Å². The zero-order chi connectivity index (χ0) is 13.5. The van der Waals surface area contributed by atoms with E-state index in [1.54, 1.807) is 6.20 Å². The molecule has 4 aromatic rings. The van der Waals surface area contributed by atoms with E-state index < -0.39 is 0 Å². The van der Waals surface area contributed by atoms with E-state index in [4.69, 9.17) is 5.73 Å². The summed E-state index contributed by atoms with van der Waals surface area (Å²) in [5.74, 6) is 0.362. The average molecular weight is 262 g/mol. The van der Waals surface area contributed by atoms with Crippen molar-refractivity contribution < 1.29 is 0 Å². The first kappa shape index (κ1) is 10.9. The average Bonchev–Trinajstić information content (AvgIpc) is 2.89. The molecule has 4 rings (SSSR count). The summed E-state index contributed by atoms with van der Waals surface area (Å²) in [5, 5.41) is 16.3. The van der Waals surface area contributed by atoms with Crippen molar-refractivity contribution in [3.8, 4) is 11.1 Å². The van der Waals surface area contributed by atoms with Crippen LogP contribution in [-0.2, 0) is 0 Å². The third-order valence-corrected chi connectivity index (χ3v) is 3.30. The number of H-pyrrole nitrogens is 1. The van der Waals surface area contributed by atoms with Gasteiger partial charge in [-0.25, -0.2) is 0 Å². The van der Waals surface area contributed by atoms with E-state index in [9.17, 15) is 0 Å². The topological polar surface area (TPSA) is 93.4 Å². The van der Waals surface area contributed by atoms with Gasteiger partial charge in [0, 0.05) is 28.9 Å². The molecule has 20 heavy (non-hydrogen) atoms. The minimum Gasteiger partial charge on any atom is -0.380 e. The fraction of sp³-hybridized carbons (Fsp3) is 0. The highest BCUT2D eigenvalue weighted by atomic mass is 15.2. The fourth-order valence-electron chi connectivity index (χ4n) is 2.35. The standard InChI is InChI=1S/C14H10N6/c15-14-13-12(18-20-14)10-5-1-4-9(11(10)17-19-13)8-3-2-6-16-7-8/h1-7H,(H3,15,18,20). The molecule has 1 aromatic carbocycles. The SMILES string of the molecule is Nc1n[nH]c2c1nnc1c(-c3cccnc3)cccc12. The number of nitrogens with one attached hydrogen (secondary N) is 1. The van der Waals surface area contributed by atoms with Crippen molar-refractivity contribution in [2.75, 3.05) is 5.73 Å². The van der Waals surface area contributed by atoms with Crippen LogP contribution in [0.3, 0.4) is 0 Å². The van der Waals surface area contributed by atoms with E-state index in [-0.39, 0.29) is 0 Å². The fourth-order valence-corrected chi connectivity index (χ4v) is 2.35. The van der Waals surface area contributed by atoms with Gasteiger partial charge in [0.05, 0.1) is 5.52 Å². The third-order valence-electron chi connectivity index (χ3n) is 3.30. The van der Waals surface area contributed by atoms with Gasteiger partial charge in [-0.05, 0) is 6.07 Å². The molecule has 6 nitrogen and oxygen atoms in total. The van der Waals surface area contributed by atoms with Crippen molar-refractivity contribution in [3.63, 3.8) is 0 Å². The molecule has 0 aliphatic carbocycles. The number of nitrogens with two attached hydrogens (primary N) is 1. The molecule has 3 aromatic heterocycles. The van der Waals surface area contributed by atoms with Crippen molar-refractivity contribution in [2.45, 2.75) is 0 Å². The lowest BCUT2D eigenvalue weighted by molar-refractivity contribution is 1.12. The van der Waals surface area contributed by atoms with Gasteiger partial charge in [-0.2, -0.15) is 5.10 Å². The Hall–Kier alpha value is -3.02. The Balaban J connectivity index is 2.11. The molecule has 6 heteroatoms. The van der Waals surface area contributed by atoms with Gasteiger partial charge in [0.15, 0.2) is 11.3 Å².